The van der Waals surface area contributed by atoms with Crippen LogP contribution in [-0.2, 0) is 20.9 Å². The second-order valence-electron chi connectivity index (χ2n) is 6.66. The van der Waals surface area contributed by atoms with Crippen LogP contribution in [0.4, 0.5) is 5.82 Å². The summed E-state index contributed by atoms with van der Waals surface area (Å²) in [4.78, 5) is 23.7. The standard InChI is InChI=1S/C16H24N4O3.ClH/c1-23-14(21)9-20-6-5-13(19-20)18-16(22)12-7-10-3-2-4-11(8-12)15(10)17;/h5-6,10-12,15H,2-4,7-9,17H2,1H3,(H,18,19,22);1H. The molecular weight excluding hydrogens is 332 g/mol. The number of carbonyl (C=O) groups excluding carboxylic acids is 2. The summed E-state index contributed by atoms with van der Waals surface area (Å²) in [5, 5.41) is 7.04. The minimum absolute atomic E-state index is 0. The molecule has 1 aromatic heterocycles. The van der Waals surface area contributed by atoms with E-state index in [0.29, 0.717) is 17.7 Å². The molecule has 3 rings (SSSR count). The van der Waals surface area contributed by atoms with Crippen LogP contribution in [0.1, 0.15) is 32.1 Å². The minimum atomic E-state index is -0.375. The Morgan fingerprint density at radius 1 is 1.38 bits per heavy atom. The number of rotatable bonds is 4. The van der Waals surface area contributed by atoms with Crippen molar-refractivity contribution >= 4 is 30.1 Å². The quantitative estimate of drug-likeness (QED) is 0.798. The van der Waals surface area contributed by atoms with Crippen molar-refractivity contribution < 1.29 is 14.3 Å². The predicted molar refractivity (Wildman–Crippen MR) is 91.7 cm³/mol. The molecule has 1 heterocycles. The van der Waals surface area contributed by atoms with Gasteiger partial charge in [0.05, 0.1) is 7.11 Å². The number of nitrogens with zero attached hydrogens (tertiary/aromatic N) is 2. The molecule has 0 radical (unpaired) electrons. The number of anilines is 1. The fourth-order valence-corrected chi connectivity index (χ4v) is 3.94. The Kier molecular flexibility index (Phi) is 6.23. The highest BCUT2D eigenvalue weighted by Gasteiger charge is 2.40. The zero-order valence-corrected chi connectivity index (χ0v) is 14.6. The van der Waals surface area contributed by atoms with Gasteiger partial charge in [-0.25, -0.2) is 0 Å². The molecule has 134 valence electrons. The van der Waals surface area contributed by atoms with E-state index in [1.165, 1.54) is 18.2 Å². The predicted octanol–water partition coefficient (Wildman–Crippen LogP) is 1.57. The fourth-order valence-electron chi connectivity index (χ4n) is 3.94. The monoisotopic (exact) mass is 356 g/mol. The third-order valence-corrected chi connectivity index (χ3v) is 5.19. The molecule has 1 amide bonds. The first-order valence-corrected chi connectivity index (χ1v) is 8.23. The number of nitrogens with two attached hydrogens (primary N) is 1. The van der Waals surface area contributed by atoms with E-state index in [-0.39, 0.29) is 42.8 Å². The number of amides is 1. The molecule has 2 aliphatic carbocycles. The number of fused-ring (bicyclic) bond motifs is 2. The molecule has 8 heteroatoms. The Balaban J connectivity index is 0.00000208. The molecule has 2 fully saturated rings. The maximum absolute atomic E-state index is 12.5. The normalized spacial score (nSPS) is 28.6. The van der Waals surface area contributed by atoms with E-state index in [4.69, 9.17) is 5.73 Å². The average Bonchev–Trinajstić information content (AvgIpc) is 2.93. The Bertz CT molecular complexity index is 578. The van der Waals surface area contributed by atoms with E-state index in [0.717, 1.165) is 25.7 Å². The zero-order chi connectivity index (χ0) is 16.4. The molecule has 24 heavy (non-hydrogen) atoms. The summed E-state index contributed by atoms with van der Waals surface area (Å²) < 4.78 is 6.04. The first kappa shape index (κ1) is 18.7. The van der Waals surface area contributed by atoms with Crippen molar-refractivity contribution in [2.75, 3.05) is 12.4 Å². The Morgan fingerprint density at radius 2 is 2.04 bits per heavy atom. The molecule has 0 spiro atoms. The van der Waals surface area contributed by atoms with Crippen LogP contribution in [0.3, 0.4) is 0 Å². The number of ether oxygens (including phenoxy) is 1. The van der Waals surface area contributed by atoms with E-state index in [1.54, 1.807) is 12.3 Å². The minimum Gasteiger partial charge on any atom is -0.468 e. The van der Waals surface area contributed by atoms with Gasteiger partial charge in [0, 0.05) is 24.2 Å². The summed E-state index contributed by atoms with van der Waals surface area (Å²) in [5.74, 6) is 1.05. The molecule has 2 saturated carbocycles. The summed E-state index contributed by atoms with van der Waals surface area (Å²) in [5.41, 5.74) is 6.27. The molecular formula is C16H25ClN4O3. The lowest BCUT2D eigenvalue weighted by molar-refractivity contribution is -0.141. The van der Waals surface area contributed by atoms with Crippen LogP contribution in [-0.4, -0.2) is 34.8 Å². The number of esters is 1. The van der Waals surface area contributed by atoms with Gasteiger partial charge in [0.1, 0.15) is 6.54 Å². The third-order valence-electron chi connectivity index (χ3n) is 5.19. The number of nitrogens with one attached hydrogen (secondary N) is 1. The fraction of sp³-hybridized carbons (Fsp3) is 0.688. The van der Waals surface area contributed by atoms with E-state index >= 15 is 0 Å². The van der Waals surface area contributed by atoms with Gasteiger partial charge in [0.2, 0.25) is 5.91 Å². The molecule has 0 aliphatic heterocycles. The molecule has 3 N–H and O–H groups in total. The van der Waals surface area contributed by atoms with Gasteiger partial charge in [-0.05, 0) is 37.5 Å². The third kappa shape index (κ3) is 4.08. The summed E-state index contributed by atoms with van der Waals surface area (Å²) in [7, 11) is 1.33. The highest BCUT2D eigenvalue weighted by atomic mass is 35.5. The average molecular weight is 357 g/mol. The number of halogens is 1. The molecule has 2 aliphatic rings. The molecule has 2 unspecified atom stereocenters. The maximum Gasteiger partial charge on any atom is 0.327 e. The van der Waals surface area contributed by atoms with Crippen molar-refractivity contribution in [1.82, 2.24) is 9.78 Å². The molecule has 0 aromatic carbocycles. The lowest BCUT2D eigenvalue weighted by Gasteiger charge is -2.43. The second kappa shape index (κ2) is 7.98. The summed E-state index contributed by atoms with van der Waals surface area (Å²) in [6.45, 7) is 0.0365. The highest BCUT2D eigenvalue weighted by molar-refractivity contribution is 5.91. The van der Waals surface area contributed by atoms with E-state index < -0.39 is 0 Å². The van der Waals surface area contributed by atoms with Crippen LogP contribution in [0.5, 0.6) is 0 Å². The SMILES string of the molecule is COC(=O)Cn1ccc(NC(=O)C2CC3CCCC(C2)C3N)n1.Cl. The second-order valence-corrected chi connectivity index (χ2v) is 6.66. The van der Waals surface area contributed by atoms with Gasteiger partial charge >= 0.3 is 5.97 Å². The van der Waals surface area contributed by atoms with Crippen molar-refractivity contribution in [1.29, 1.82) is 0 Å². The van der Waals surface area contributed by atoms with Gasteiger partial charge in [-0.15, -0.1) is 12.4 Å². The molecule has 2 bridgehead atoms. The smallest absolute Gasteiger partial charge is 0.327 e. The Labute approximate surface area is 147 Å². The Hall–Kier alpha value is -1.60. The highest BCUT2D eigenvalue weighted by Crippen LogP contribution is 2.42. The zero-order valence-electron chi connectivity index (χ0n) is 13.8. The van der Waals surface area contributed by atoms with Gasteiger partial charge in [0.15, 0.2) is 5.82 Å². The molecule has 2 atom stereocenters. The van der Waals surface area contributed by atoms with Crippen molar-refractivity contribution in [3.8, 4) is 0 Å². The van der Waals surface area contributed by atoms with Crippen molar-refractivity contribution in [3.05, 3.63) is 12.3 Å². The van der Waals surface area contributed by atoms with Gasteiger partial charge in [-0.1, -0.05) is 6.42 Å². The van der Waals surface area contributed by atoms with Crippen molar-refractivity contribution in [2.45, 2.75) is 44.7 Å². The van der Waals surface area contributed by atoms with Crippen molar-refractivity contribution in [2.24, 2.45) is 23.5 Å². The topological polar surface area (TPSA) is 99.2 Å². The summed E-state index contributed by atoms with van der Waals surface area (Å²) in [6, 6.07) is 1.95. The first-order valence-electron chi connectivity index (χ1n) is 8.23. The number of hydrogen-bond acceptors (Lipinski definition) is 5. The number of methoxy groups -OCH3 is 1. The molecule has 0 saturated heterocycles. The van der Waals surface area contributed by atoms with Crippen LogP contribution in [0.15, 0.2) is 12.3 Å². The lowest BCUT2D eigenvalue weighted by atomic mass is 9.65. The van der Waals surface area contributed by atoms with Gasteiger partial charge in [-0.3, -0.25) is 14.3 Å². The van der Waals surface area contributed by atoms with E-state index in [1.807, 2.05) is 0 Å². The lowest BCUT2D eigenvalue weighted by Crippen LogP contribution is -2.48. The number of hydrogen-bond donors (Lipinski definition) is 2. The molecule has 7 nitrogen and oxygen atoms in total. The van der Waals surface area contributed by atoms with Crippen LogP contribution in [0, 0.1) is 17.8 Å². The van der Waals surface area contributed by atoms with Crippen LogP contribution < -0.4 is 11.1 Å². The first-order chi connectivity index (χ1) is 11.1. The number of carbonyl (C=O) groups is 2. The Morgan fingerprint density at radius 3 is 2.67 bits per heavy atom. The van der Waals surface area contributed by atoms with Crippen molar-refractivity contribution in [3.63, 3.8) is 0 Å². The van der Waals surface area contributed by atoms with Gasteiger partial charge in [-0.2, -0.15) is 5.10 Å². The largest absolute Gasteiger partial charge is 0.468 e. The van der Waals surface area contributed by atoms with Crippen LogP contribution >= 0.6 is 12.4 Å². The van der Waals surface area contributed by atoms with E-state index in [9.17, 15) is 9.59 Å². The van der Waals surface area contributed by atoms with E-state index in [2.05, 4.69) is 15.2 Å². The van der Waals surface area contributed by atoms with Crippen LogP contribution in [0.2, 0.25) is 0 Å². The summed E-state index contributed by atoms with van der Waals surface area (Å²) >= 11 is 0. The van der Waals surface area contributed by atoms with Crippen LogP contribution in [0.25, 0.3) is 0 Å². The number of aromatic nitrogens is 2. The summed E-state index contributed by atoms with van der Waals surface area (Å²) in [6.07, 6.45) is 6.89. The maximum atomic E-state index is 12.5. The molecule has 1 aromatic rings. The van der Waals surface area contributed by atoms with Gasteiger partial charge in [0.25, 0.3) is 0 Å². The van der Waals surface area contributed by atoms with Gasteiger partial charge < -0.3 is 15.8 Å².